The minimum Gasteiger partial charge on any atom is -0.384 e. The van der Waals surface area contributed by atoms with Gasteiger partial charge in [-0.05, 0) is 38.3 Å². The highest BCUT2D eigenvalue weighted by molar-refractivity contribution is 5.97. The van der Waals surface area contributed by atoms with Crippen molar-refractivity contribution in [2.24, 2.45) is 0 Å². The van der Waals surface area contributed by atoms with Crippen LogP contribution in [0.4, 0.5) is 0 Å². The Hall–Kier alpha value is -1.79. The van der Waals surface area contributed by atoms with E-state index in [4.69, 9.17) is 5.11 Å². The Morgan fingerprint density at radius 3 is 2.38 bits per heavy atom. The number of hydrogen-bond acceptors (Lipinski definition) is 2. The molecule has 21 heavy (non-hydrogen) atoms. The first-order valence-electron chi connectivity index (χ1n) is 7.54. The molecule has 0 aromatic heterocycles. The number of carbonyl (C=O) groups is 1. The van der Waals surface area contributed by atoms with E-state index in [9.17, 15) is 4.79 Å². The molecule has 114 valence electrons. The average Bonchev–Trinajstić information content (AvgIpc) is 2.51. The molecule has 0 spiro atoms. The summed E-state index contributed by atoms with van der Waals surface area (Å²) in [6, 6.07) is 5.60. The largest absolute Gasteiger partial charge is 0.384 e. The van der Waals surface area contributed by atoms with Crippen molar-refractivity contribution >= 4 is 5.91 Å². The first-order valence-corrected chi connectivity index (χ1v) is 7.54. The highest BCUT2D eigenvalue weighted by Crippen LogP contribution is 2.21. The molecule has 0 saturated heterocycles. The number of amides is 1. The predicted octanol–water partition coefficient (Wildman–Crippen LogP) is 3.04. The molecular weight excluding hydrogens is 262 g/mol. The number of aliphatic hydroxyl groups excluding tert-OH is 1. The number of nitrogens with one attached hydrogen (secondary N) is 1. The van der Waals surface area contributed by atoms with Gasteiger partial charge in [-0.3, -0.25) is 4.79 Å². The molecule has 0 bridgehead atoms. The quantitative estimate of drug-likeness (QED) is 0.818. The normalized spacial score (nSPS) is 10.7. The molecule has 0 fully saturated rings. The van der Waals surface area contributed by atoms with Crippen LogP contribution in [0, 0.1) is 18.8 Å². The van der Waals surface area contributed by atoms with Gasteiger partial charge in [0.2, 0.25) is 0 Å². The van der Waals surface area contributed by atoms with Crippen molar-refractivity contribution in [1.29, 1.82) is 0 Å². The smallest absolute Gasteiger partial charge is 0.252 e. The molecule has 0 aliphatic heterocycles. The van der Waals surface area contributed by atoms with Gasteiger partial charge in [0.15, 0.2) is 0 Å². The second-order valence-electron chi connectivity index (χ2n) is 5.30. The number of rotatable bonds is 5. The van der Waals surface area contributed by atoms with Crippen molar-refractivity contribution in [2.75, 3.05) is 6.61 Å². The van der Waals surface area contributed by atoms with Crippen molar-refractivity contribution in [1.82, 2.24) is 5.32 Å². The molecule has 0 saturated carbocycles. The van der Waals surface area contributed by atoms with Crippen LogP contribution in [0.1, 0.15) is 61.5 Å². The van der Waals surface area contributed by atoms with Crippen molar-refractivity contribution in [3.05, 3.63) is 34.9 Å². The van der Waals surface area contributed by atoms with Gasteiger partial charge in [-0.15, -0.1) is 0 Å². The Bertz CT molecular complexity index is 540. The molecule has 0 unspecified atom stereocenters. The molecule has 0 heterocycles. The molecular formula is C18H25NO2. The van der Waals surface area contributed by atoms with E-state index in [1.54, 1.807) is 0 Å². The molecule has 3 heteroatoms. The zero-order chi connectivity index (χ0) is 15.9. The summed E-state index contributed by atoms with van der Waals surface area (Å²) in [5.74, 6) is 5.37. The molecule has 0 atom stereocenters. The summed E-state index contributed by atoms with van der Waals surface area (Å²) in [6.45, 7) is 8.02. The second-order valence-corrected chi connectivity index (χ2v) is 5.30. The Kier molecular flexibility index (Phi) is 6.45. The fourth-order valence-corrected chi connectivity index (χ4v) is 2.41. The lowest BCUT2D eigenvalue weighted by molar-refractivity contribution is 0.0888. The molecule has 0 radical (unpaired) electrons. The van der Waals surface area contributed by atoms with E-state index < -0.39 is 0 Å². The van der Waals surface area contributed by atoms with Crippen LogP contribution in [-0.2, 0) is 0 Å². The van der Waals surface area contributed by atoms with E-state index >= 15 is 0 Å². The Morgan fingerprint density at radius 1 is 1.24 bits per heavy atom. The standard InChI is InChI=1S/C18H25NO2/c1-5-18(6-2,7-3)19-17(21)16-13-14(4)10-11-15(16)9-8-12-20/h10-11,13,20H,5-7,12H2,1-4H3,(H,19,21). The molecule has 1 aromatic rings. The summed E-state index contributed by atoms with van der Waals surface area (Å²) in [5, 5.41) is 12.0. The number of aliphatic hydroxyl groups is 1. The lowest BCUT2D eigenvalue weighted by atomic mass is 9.89. The third-order valence-electron chi connectivity index (χ3n) is 4.13. The van der Waals surface area contributed by atoms with E-state index in [0.29, 0.717) is 11.1 Å². The van der Waals surface area contributed by atoms with E-state index in [1.165, 1.54) is 0 Å². The van der Waals surface area contributed by atoms with Gasteiger partial charge in [-0.25, -0.2) is 0 Å². The average molecular weight is 287 g/mol. The zero-order valence-electron chi connectivity index (χ0n) is 13.4. The summed E-state index contributed by atoms with van der Waals surface area (Å²) in [7, 11) is 0. The number of hydrogen-bond donors (Lipinski definition) is 2. The van der Waals surface area contributed by atoms with Crippen molar-refractivity contribution < 1.29 is 9.90 Å². The van der Waals surface area contributed by atoms with Gasteiger partial charge >= 0.3 is 0 Å². The van der Waals surface area contributed by atoms with Crippen molar-refractivity contribution in [3.63, 3.8) is 0 Å². The molecule has 0 aliphatic rings. The maximum atomic E-state index is 12.6. The fraction of sp³-hybridized carbons (Fsp3) is 0.500. The van der Waals surface area contributed by atoms with Crippen LogP contribution in [0.25, 0.3) is 0 Å². The highest BCUT2D eigenvalue weighted by Gasteiger charge is 2.27. The predicted molar refractivity (Wildman–Crippen MR) is 86.2 cm³/mol. The number of aryl methyl sites for hydroxylation is 1. The van der Waals surface area contributed by atoms with Gasteiger partial charge in [-0.1, -0.05) is 44.2 Å². The third kappa shape index (κ3) is 4.34. The summed E-state index contributed by atoms with van der Waals surface area (Å²) < 4.78 is 0. The lowest BCUT2D eigenvalue weighted by Gasteiger charge is -2.32. The molecule has 0 aliphatic carbocycles. The second kappa shape index (κ2) is 7.85. The van der Waals surface area contributed by atoms with E-state index in [1.807, 2.05) is 25.1 Å². The van der Waals surface area contributed by atoms with E-state index in [2.05, 4.69) is 37.9 Å². The van der Waals surface area contributed by atoms with Gasteiger partial charge in [0.1, 0.15) is 6.61 Å². The topological polar surface area (TPSA) is 49.3 Å². The summed E-state index contributed by atoms with van der Waals surface area (Å²) in [4.78, 5) is 12.6. The third-order valence-corrected chi connectivity index (χ3v) is 4.13. The molecule has 3 nitrogen and oxygen atoms in total. The molecule has 2 N–H and O–H groups in total. The maximum absolute atomic E-state index is 12.6. The van der Waals surface area contributed by atoms with Crippen LogP contribution in [0.3, 0.4) is 0 Å². The zero-order valence-corrected chi connectivity index (χ0v) is 13.4. The van der Waals surface area contributed by atoms with Gasteiger partial charge < -0.3 is 10.4 Å². The van der Waals surface area contributed by atoms with E-state index in [-0.39, 0.29) is 18.1 Å². The summed E-state index contributed by atoms with van der Waals surface area (Å²) in [6.07, 6.45) is 2.69. The Labute approximate surface area is 127 Å². The van der Waals surface area contributed by atoms with Crippen LogP contribution in [0.2, 0.25) is 0 Å². The van der Waals surface area contributed by atoms with Gasteiger partial charge in [0.05, 0.1) is 5.56 Å². The fourth-order valence-electron chi connectivity index (χ4n) is 2.41. The molecule has 1 aromatic carbocycles. The van der Waals surface area contributed by atoms with Crippen molar-refractivity contribution in [3.8, 4) is 11.8 Å². The van der Waals surface area contributed by atoms with Gasteiger partial charge in [-0.2, -0.15) is 0 Å². The molecule has 1 rings (SSSR count). The minimum absolute atomic E-state index is 0.0912. The van der Waals surface area contributed by atoms with Crippen LogP contribution >= 0.6 is 0 Å². The Morgan fingerprint density at radius 2 is 1.86 bits per heavy atom. The van der Waals surface area contributed by atoms with Crippen LogP contribution in [0.15, 0.2) is 18.2 Å². The minimum atomic E-state index is -0.211. The molecule has 1 amide bonds. The van der Waals surface area contributed by atoms with E-state index in [0.717, 1.165) is 24.8 Å². The van der Waals surface area contributed by atoms with Gasteiger partial charge in [0, 0.05) is 11.1 Å². The monoisotopic (exact) mass is 287 g/mol. The van der Waals surface area contributed by atoms with Crippen LogP contribution in [-0.4, -0.2) is 23.2 Å². The summed E-state index contributed by atoms with van der Waals surface area (Å²) in [5.41, 5.74) is 2.09. The number of carbonyl (C=O) groups excluding carboxylic acids is 1. The van der Waals surface area contributed by atoms with Crippen molar-refractivity contribution in [2.45, 2.75) is 52.5 Å². The summed E-state index contributed by atoms with van der Waals surface area (Å²) >= 11 is 0. The maximum Gasteiger partial charge on any atom is 0.252 e. The van der Waals surface area contributed by atoms with Gasteiger partial charge in [0.25, 0.3) is 5.91 Å². The lowest BCUT2D eigenvalue weighted by Crippen LogP contribution is -2.47. The SMILES string of the molecule is CCC(CC)(CC)NC(=O)c1cc(C)ccc1C#CCO. The van der Waals surface area contributed by atoms with Crippen LogP contribution in [0.5, 0.6) is 0 Å². The number of benzene rings is 1. The van der Waals surface area contributed by atoms with Crippen LogP contribution < -0.4 is 5.32 Å². The first kappa shape index (κ1) is 17.3. The first-order chi connectivity index (χ1) is 10.0. The Balaban J connectivity index is 3.14. The highest BCUT2D eigenvalue weighted by atomic mass is 16.2.